The van der Waals surface area contributed by atoms with Gasteiger partial charge in [-0.25, -0.2) is 4.79 Å². The number of carbonyl (C=O) groups is 6. The number of amides is 5. The molecule has 0 spiro atoms. The van der Waals surface area contributed by atoms with E-state index in [1.54, 1.807) is 0 Å². The van der Waals surface area contributed by atoms with Gasteiger partial charge in [0.05, 0.1) is 17.0 Å². The SMILES string of the molecule is C/C=C(/C)S/C(C(=O)C(NC(=O)NC(C(=O)N1CCCC1C(=O)NC(CC1CC1)C(=O)C(N)=O)C(C)(C)C)C(C)C)=C(\C)CC. The van der Waals surface area contributed by atoms with Gasteiger partial charge in [0, 0.05) is 6.54 Å². The van der Waals surface area contributed by atoms with Crippen LogP contribution in [-0.2, 0) is 24.0 Å². The summed E-state index contributed by atoms with van der Waals surface area (Å²) in [7, 11) is 0. The first-order chi connectivity index (χ1) is 20.9. The zero-order valence-corrected chi connectivity index (χ0v) is 29.2. The largest absolute Gasteiger partial charge is 0.363 e. The number of nitrogens with zero attached hydrogens (tertiary/aromatic N) is 1. The molecule has 5 amide bonds. The maximum absolute atomic E-state index is 14.0. The second-order valence-corrected chi connectivity index (χ2v) is 14.9. The number of ketones is 2. The van der Waals surface area contributed by atoms with Crippen LogP contribution in [0.2, 0.25) is 0 Å². The van der Waals surface area contributed by atoms with Crippen molar-refractivity contribution in [3.05, 3.63) is 21.5 Å². The van der Waals surface area contributed by atoms with Crippen LogP contribution in [-0.4, -0.2) is 70.9 Å². The van der Waals surface area contributed by atoms with Crippen molar-refractivity contribution in [1.82, 2.24) is 20.9 Å². The smallest absolute Gasteiger partial charge is 0.316 e. The summed E-state index contributed by atoms with van der Waals surface area (Å²) in [6.07, 6.45) is 5.72. The molecule has 0 aromatic heterocycles. The third-order valence-corrected chi connectivity index (χ3v) is 9.73. The van der Waals surface area contributed by atoms with Gasteiger partial charge in [-0.1, -0.05) is 77.8 Å². The molecular weight excluding hydrogens is 594 g/mol. The van der Waals surface area contributed by atoms with Gasteiger partial charge in [0.15, 0.2) is 5.78 Å². The fourth-order valence-corrected chi connectivity index (χ4v) is 6.18. The van der Waals surface area contributed by atoms with Crippen LogP contribution in [0.1, 0.15) is 101 Å². The minimum absolute atomic E-state index is 0.188. The van der Waals surface area contributed by atoms with Crippen LogP contribution in [0.25, 0.3) is 0 Å². The molecule has 0 aromatic rings. The zero-order chi connectivity index (χ0) is 34.2. The highest BCUT2D eigenvalue weighted by molar-refractivity contribution is 8.07. The number of primary amides is 1. The Labute approximate surface area is 272 Å². The van der Waals surface area contributed by atoms with Crippen molar-refractivity contribution in [2.45, 2.75) is 125 Å². The molecule has 0 aromatic carbocycles. The Kier molecular flexibility index (Phi) is 13.9. The molecule has 5 N–H and O–H groups in total. The topological polar surface area (TPSA) is 168 Å². The molecule has 4 atom stereocenters. The summed E-state index contributed by atoms with van der Waals surface area (Å²) in [5.74, 6) is -3.09. The van der Waals surface area contributed by atoms with Crippen molar-refractivity contribution in [2.24, 2.45) is 23.0 Å². The molecule has 0 radical (unpaired) electrons. The fraction of sp³-hybridized carbons (Fsp3) is 0.697. The van der Waals surface area contributed by atoms with Crippen LogP contribution in [0, 0.1) is 17.3 Å². The van der Waals surface area contributed by atoms with E-state index in [9.17, 15) is 28.8 Å². The van der Waals surface area contributed by atoms with Crippen LogP contribution in [0.3, 0.4) is 0 Å². The minimum atomic E-state index is -1.11. The third kappa shape index (κ3) is 10.7. The van der Waals surface area contributed by atoms with E-state index in [0.717, 1.165) is 23.3 Å². The lowest BCUT2D eigenvalue weighted by atomic mass is 9.85. The van der Waals surface area contributed by atoms with Gasteiger partial charge in [-0.05, 0) is 68.6 Å². The maximum atomic E-state index is 14.0. The lowest BCUT2D eigenvalue weighted by Crippen LogP contribution is -2.61. The van der Waals surface area contributed by atoms with E-state index in [2.05, 4.69) is 16.0 Å². The lowest BCUT2D eigenvalue weighted by Gasteiger charge is -2.36. The number of thioether (sulfide) groups is 1. The highest BCUT2D eigenvalue weighted by Crippen LogP contribution is 2.34. The number of hydrogen-bond acceptors (Lipinski definition) is 7. The van der Waals surface area contributed by atoms with Crippen LogP contribution in [0.15, 0.2) is 21.5 Å². The summed E-state index contributed by atoms with van der Waals surface area (Å²) in [6.45, 7) is 17.2. The Morgan fingerprint density at radius 2 is 1.60 bits per heavy atom. The molecule has 45 heavy (non-hydrogen) atoms. The summed E-state index contributed by atoms with van der Waals surface area (Å²) in [4.78, 5) is 81.6. The molecule has 1 aliphatic heterocycles. The molecule has 1 saturated carbocycles. The number of carbonyl (C=O) groups excluding carboxylic acids is 6. The number of nitrogens with one attached hydrogen (secondary N) is 3. The lowest BCUT2D eigenvalue weighted by molar-refractivity contribution is -0.143. The predicted octanol–water partition coefficient (Wildman–Crippen LogP) is 3.97. The van der Waals surface area contributed by atoms with Crippen molar-refractivity contribution in [2.75, 3.05) is 6.54 Å². The van der Waals surface area contributed by atoms with Crippen LogP contribution >= 0.6 is 11.8 Å². The van der Waals surface area contributed by atoms with Crippen molar-refractivity contribution in [1.29, 1.82) is 0 Å². The molecule has 2 fully saturated rings. The average Bonchev–Trinajstić information content (AvgIpc) is 3.65. The number of urea groups is 1. The highest BCUT2D eigenvalue weighted by Gasteiger charge is 2.43. The molecule has 2 rings (SSSR count). The number of Topliss-reactive ketones (excluding diaryl/α,β-unsaturated/α-hetero) is 2. The van der Waals surface area contributed by atoms with Gasteiger partial charge in [0.1, 0.15) is 12.1 Å². The Bertz CT molecular complexity index is 1220. The average molecular weight is 648 g/mol. The number of nitrogens with two attached hydrogens (primary N) is 1. The molecule has 1 heterocycles. The molecule has 4 unspecified atom stereocenters. The van der Waals surface area contributed by atoms with E-state index in [4.69, 9.17) is 5.73 Å². The molecule has 12 heteroatoms. The minimum Gasteiger partial charge on any atom is -0.363 e. The Morgan fingerprint density at radius 3 is 2.09 bits per heavy atom. The monoisotopic (exact) mass is 647 g/mol. The van der Waals surface area contributed by atoms with Crippen molar-refractivity contribution < 1.29 is 28.8 Å². The van der Waals surface area contributed by atoms with Gasteiger partial charge >= 0.3 is 6.03 Å². The number of hydrogen-bond donors (Lipinski definition) is 4. The van der Waals surface area contributed by atoms with Crippen LogP contribution < -0.4 is 21.7 Å². The normalized spacial score (nSPS) is 19.7. The van der Waals surface area contributed by atoms with E-state index in [1.807, 2.05) is 68.4 Å². The summed E-state index contributed by atoms with van der Waals surface area (Å²) >= 11 is 1.39. The number of allylic oxidation sites excluding steroid dienone is 3. The first-order valence-corrected chi connectivity index (χ1v) is 16.8. The van der Waals surface area contributed by atoms with E-state index in [-0.39, 0.29) is 17.6 Å². The maximum Gasteiger partial charge on any atom is 0.316 e. The summed E-state index contributed by atoms with van der Waals surface area (Å²) in [5.41, 5.74) is 5.42. The Hall–Kier alpha value is -3.15. The fourth-order valence-electron chi connectivity index (χ4n) is 5.19. The molecule has 252 valence electrons. The van der Waals surface area contributed by atoms with E-state index >= 15 is 0 Å². The quantitative estimate of drug-likeness (QED) is 0.154. The Balaban J connectivity index is 2.25. The van der Waals surface area contributed by atoms with Crippen molar-refractivity contribution in [3.8, 4) is 0 Å². The van der Waals surface area contributed by atoms with E-state index in [1.165, 1.54) is 16.7 Å². The van der Waals surface area contributed by atoms with E-state index < -0.39 is 59.1 Å². The van der Waals surface area contributed by atoms with Crippen molar-refractivity contribution >= 4 is 47.1 Å². The van der Waals surface area contributed by atoms with Gasteiger partial charge in [0.25, 0.3) is 5.91 Å². The summed E-state index contributed by atoms with van der Waals surface area (Å²) in [6, 6.07) is -4.40. The van der Waals surface area contributed by atoms with E-state index in [0.29, 0.717) is 37.1 Å². The second kappa shape index (κ2) is 16.4. The van der Waals surface area contributed by atoms with Crippen LogP contribution in [0.5, 0.6) is 0 Å². The van der Waals surface area contributed by atoms with Gasteiger partial charge in [-0.15, -0.1) is 0 Å². The molecule has 1 aliphatic carbocycles. The second-order valence-electron chi connectivity index (χ2n) is 13.6. The van der Waals surface area contributed by atoms with Gasteiger partial charge in [0.2, 0.25) is 17.6 Å². The molecule has 11 nitrogen and oxygen atoms in total. The summed E-state index contributed by atoms with van der Waals surface area (Å²) < 4.78 is 0. The molecule has 0 bridgehead atoms. The zero-order valence-electron chi connectivity index (χ0n) is 28.4. The number of rotatable bonds is 15. The molecule has 1 saturated heterocycles. The first-order valence-electron chi connectivity index (χ1n) is 16.0. The Morgan fingerprint density at radius 1 is 0.978 bits per heavy atom. The third-order valence-electron chi connectivity index (χ3n) is 8.42. The van der Waals surface area contributed by atoms with Crippen molar-refractivity contribution in [3.63, 3.8) is 0 Å². The van der Waals surface area contributed by atoms with Gasteiger partial charge in [-0.3, -0.25) is 24.0 Å². The van der Waals surface area contributed by atoms with Crippen LogP contribution in [0.4, 0.5) is 4.79 Å². The molecular formula is C33H53N5O6S. The summed E-state index contributed by atoms with van der Waals surface area (Å²) in [5, 5.41) is 8.30. The predicted molar refractivity (Wildman–Crippen MR) is 177 cm³/mol. The highest BCUT2D eigenvalue weighted by atomic mass is 32.2. The molecule has 2 aliphatic rings. The van der Waals surface area contributed by atoms with Gasteiger partial charge < -0.3 is 26.6 Å². The van der Waals surface area contributed by atoms with Gasteiger partial charge in [-0.2, -0.15) is 0 Å². The standard InChI is InChI=1S/C33H53N5O6S/c1-10-19(5)27(45-20(6)11-2)26(40)24(18(3)4)36-32(44)37-28(33(7,8)9)31(43)38-16-12-13-23(38)30(42)35-22(17-21-14-15-21)25(39)29(34)41/h11,18,21-24,28H,10,12-17H2,1-9H3,(H2,34,41)(H,35,42)(H2,36,37,44)/b20-11-,27-19+. The number of likely N-dealkylation sites (tertiary alicyclic amines) is 1. The first kappa shape index (κ1) is 38.0.